The molecule has 1 saturated heterocycles. The van der Waals surface area contributed by atoms with Gasteiger partial charge in [0, 0.05) is 44.5 Å². The number of pyridine rings is 1. The van der Waals surface area contributed by atoms with E-state index in [4.69, 9.17) is 9.47 Å². The first-order valence-electron chi connectivity index (χ1n) is 9.48. The lowest BCUT2D eigenvalue weighted by atomic mass is 9.94. The van der Waals surface area contributed by atoms with Crippen LogP contribution in [0.4, 0.5) is 8.78 Å². The zero-order valence-electron chi connectivity index (χ0n) is 16.6. The molecule has 4 rings (SSSR count). The fourth-order valence-corrected chi connectivity index (χ4v) is 3.39. The van der Waals surface area contributed by atoms with E-state index in [2.05, 4.69) is 10.3 Å². The van der Waals surface area contributed by atoms with Crippen molar-refractivity contribution in [3.05, 3.63) is 71.1 Å². The van der Waals surface area contributed by atoms with Crippen molar-refractivity contribution >= 4 is 5.97 Å². The highest BCUT2D eigenvalue weighted by Crippen LogP contribution is 2.33. The maximum absolute atomic E-state index is 13.5. The minimum atomic E-state index is -0.661. The summed E-state index contributed by atoms with van der Waals surface area (Å²) in [5, 5.41) is 3.22. The van der Waals surface area contributed by atoms with Crippen molar-refractivity contribution in [1.82, 2.24) is 14.9 Å². The van der Waals surface area contributed by atoms with Gasteiger partial charge in [0.05, 0.1) is 18.4 Å². The molecule has 30 heavy (non-hydrogen) atoms. The predicted octanol–water partition coefficient (Wildman–Crippen LogP) is 3.42. The van der Waals surface area contributed by atoms with Gasteiger partial charge in [-0.15, -0.1) is 0 Å². The molecule has 2 aromatic heterocycles. The third kappa shape index (κ3) is 4.04. The van der Waals surface area contributed by atoms with Crippen molar-refractivity contribution < 1.29 is 23.0 Å². The Morgan fingerprint density at radius 1 is 1.20 bits per heavy atom. The van der Waals surface area contributed by atoms with Crippen molar-refractivity contribution in [1.29, 1.82) is 0 Å². The van der Waals surface area contributed by atoms with Crippen molar-refractivity contribution in [2.75, 3.05) is 20.2 Å². The standard InChI is InChI=1S/C22H21F2N3O3/c1-27-11-15(22(28)29-2)5-19(27)21-20(6-14(10-26-21)16-8-25-9-16)30-12-13-3-17(23)7-18(24)4-13/h3-7,10-11,16,25H,8-9,12H2,1-2H3. The average Bonchev–Trinajstić information content (AvgIpc) is 3.05. The summed E-state index contributed by atoms with van der Waals surface area (Å²) >= 11 is 0. The molecule has 156 valence electrons. The van der Waals surface area contributed by atoms with Gasteiger partial charge in [0.2, 0.25) is 0 Å². The summed E-state index contributed by atoms with van der Waals surface area (Å²) in [5.74, 6) is -0.967. The lowest BCUT2D eigenvalue weighted by molar-refractivity contribution is 0.0600. The molecule has 3 aromatic rings. The first-order chi connectivity index (χ1) is 14.4. The fraction of sp³-hybridized carbons (Fsp3) is 0.273. The number of hydrogen-bond acceptors (Lipinski definition) is 5. The van der Waals surface area contributed by atoms with Gasteiger partial charge in [0.15, 0.2) is 0 Å². The van der Waals surface area contributed by atoms with E-state index in [0.29, 0.717) is 34.2 Å². The quantitative estimate of drug-likeness (QED) is 0.628. The highest BCUT2D eigenvalue weighted by molar-refractivity contribution is 5.91. The number of methoxy groups -OCH3 is 1. The molecule has 1 aliphatic heterocycles. The maximum Gasteiger partial charge on any atom is 0.339 e. The topological polar surface area (TPSA) is 65.4 Å². The van der Waals surface area contributed by atoms with Crippen molar-refractivity contribution in [2.24, 2.45) is 7.05 Å². The summed E-state index contributed by atoms with van der Waals surface area (Å²) < 4.78 is 39.5. The Labute approximate surface area is 172 Å². The molecule has 1 aromatic carbocycles. The van der Waals surface area contributed by atoms with Crippen LogP contribution in [-0.4, -0.2) is 35.7 Å². The molecule has 1 N–H and O–H groups in total. The Balaban J connectivity index is 1.69. The number of benzene rings is 1. The first kappa shape index (κ1) is 20.0. The van der Waals surface area contributed by atoms with Crippen molar-refractivity contribution in [3.63, 3.8) is 0 Å². The second-order valence-electron chi connectivity index (χ2n) is 7.25. The second-order valence-corrected chi connectivity index (χ2v) is 7.25. The number of ether oxygens (including phenoxy) is 2. The van der Waals surface area contributed by atoms with E-state index in [0.717, 1.165) is 24.7 Å². The van der Waals surface area contributed by atoms with E-state index >= 15 is 0 Å². The first-order valence-corrected chi connectivity index (χ1v) is 9.48. The number of halogens is 2. The summed E-state index contributed by atoms with van der Waals surface area (Å²) in [5.41, 5.74) is 2.97. The van der Waals surface area contributed by atoms with Crippen LogP contribution in [0.25, 0.3) is 11.4 Å². The van der Waals surface area contributed by atoms with Gasteiger partial charge in [-0.1, -0.05) is 0 Å². The Morgan fingerprint density at radius 3 is 2.57 bits per heavy atom. The predicted molar refractivity (Wildman–Crippen MR) is 106 cm³/mol. The van der Waals surface area contributed by atoms with Crippen LogP contribution in [0.5, 0.6) is 5.75 Å². The molecule has 0 radical (unpaired) electrons. The van der Waals surface area contributed by atoms with Gasteiger partial charge in [-0.2, -0.15) is 0 Å². The van der Waals surface area contributed by atoms with Crippen LogP contribution in [0.1, 0.15) is 27.4 Å². The molecule has 0 aliphatic carbocycles. The molecule has 0 saturated carbocycles. The lowest BCUT2D eigenvalue weighted by Crippen LogP contribution is -2.39. The number of carbonyl (C=O) groups is 1. The Morgan fingerprint density at radius 2 is 1.93 bits per heavy atom. The van der Waals surface area contributed by atoms with Gasteiger partial charge in [-0.25, -0.2) is 13.6 Å². The molecular formula is C22H21F2N3O3. The largest absolute Gasteiger partial charge is 0.487 e. The van der Waals surface area contributed by atoms with E-state index in [-0.39, 0.29) is 6.61 Å². The lowest BCUT2D eigenvalue weighted by Gasteiger charge is -2.27. The highest BCUT2D eigenvalue weighted by atomic mass is 19.1. The Kier molecular flexibility index (Phi) is 5.50. The molecular weight excluding hydrogens is 392 g/mol. The molecule has 0 amide bonds. The summed E-state index contributed by atoms with van der Waals surface area (Å²) in [7, 11) is 3.11. The minimum absolute atomic E-state index is 0.0238. The van der Waals surface area contributed by atoms with E-state index < -0.39 is 17.6 Å². The smallest absolute Gasteiger partial charge is 0.339 e. The number of hydrogen-bond donors (Lipinski definition) is 1. The molecule has 0 unspecified atom stereocenters. The van der Waals surface area contributed by atoms with Gasteiger partial charge in [-0.3, -0.25) is 4.98 Å². The number of nitrogens with one attached hydrogen (secondary N) is 1. The summed E-state index contributed by atoms with van der Waals surface area (Å²) in [6, 6.07) is 6.85. The van der Waals surface area contributed by atoms with E-state index in [1.165, 1.54) is 19.2 Å². The maximum atomic E-state index is 13.5. The molecule has 6 nitrogen and oxygen atoms in total. The molecule has 8 heteroatoms. The molecule has 1 aliphatic rings. The SMILES string of the molecule is COC(=O)c1cc(-c2ncc(C3CNC3)cc2OCc2cc(F)cc(F)c2)n(C)c1. The van der Waals surface area contributed by atoms with Gasteiger partial charge >= 0.3 is 5.97 Å². The van der Waals surface area contributed by atoms with Gasteiger partial charge in [-0.05, 0) is 35.4 Å². The molecule has 1 fully saturated rings. The number of nitrogens with zero attached hydrogens (tertiary/aromatic N) is 2. The highest BCUT2D eigenvalue weighted by Gasteiger charge is 2.23. The van der Waals surface area contributed by atoms with Crippen LogP contribution in [-0.2, 0) is 18.4 Å². The minimum Gasteiger partial charge on any atom is -0.487 e. The third-order valence-corrected chi connectivity index (χ3v) is 5.11. The Bertz CT molecular complexity index is 1070. The number of rotatable bonds is 6. The zero-order chi connectivity index (χ0) is 21.3. The molecule has 0 spiro atoms. The van der Waals surface area contributed by atoms with Crippen LogP contribution in [0.3, 0.4) is 0 Å². The number of aromatic nitrogens is 2. The van der Waals surface area contributed by atoms with Crippen LogP contribution >= 0.6 is 0 Å². The van der Waals surface area contributed by atoms with Gasteiger partial charge in [0.25, 0.3) is 0 Å². The van der Waals surface area contributed by atoms with Gasteiger partial charge in [0.1, 0.15) is 29.7 Å². The normalized spacial score (nSPS) is 13.7. The third-order valence-electron chi connectivity index (χ3n) is 5.11. The number of esters is 1. The van der Waals surface area contributed by atoms with Crippen LogP contribution in [0.2, 0.25) is 0 Å². The summed E-state index contributed by atoms with van der Waals surface area (Å²) in [6.45, 7) is 1.68. The van der Waals surface area contributed by atoms with E-state index in [9.17, 15) is 13.6 Å². The van der Waals surface area contributed by atoms with E-state index in [1.807, 2.05) is 6.07 Å². The number of aryl methyl sites for hydroxylation is 1. The molecule has 3 heterocycles. The van der Waals surface area contributed by atoms with Crippen LogP contribution in [0, 0.1) is 11.6 Å². The van der Waals surface area contributed by atoms with Crippen LogP contribution < -0.4 is 10.1 Å². The molecule has 0 atom stereocenters. The van der Waals surface area contributed by atoms with Gasteiger partial charge < -0.3 is 19.4 Å². The average molecular weight is 413 g/mol. The second kappa shape index (κ2) is 8.23. The van der Waals surface area contributed by atoms with Crippen LogP contribution in [0.15, 0.2) is 42.7 Å². The Hall–Kier alpha value is -3.26. The molecule has 0 bridgehead atoms. The fourth-order valence-electron chi connectivity index (χ4n) is 3.39. The summed E-state index contributed by atoms with van der Waals surface area (Å²) in [4.78, 5) is 16.5. The summed E-state index contributed by atoms with van der Waals surface area (Å²) in [6.07, 6.45) is 3.44. The van der Waals surface area contributed by atoms with E-state index in [1.54, 1.807) is 30.1 Å². The number of carbonyl (C=O) groups excluding carboxylic acids is 1. The van der Waals surface area contributed by atoms with Crippen molar-refractivity contribution in [2.45, 2.75) is 12.5 Å². The zero-order valence-corrected chi connectivity index (χ0v) is 16.6. The van der Waals surface area contributed by atoms with Crippen molar-refractivity contribution in [3.8, 4) is 17.1 Å². The monoisotopic (exact) mass is 413 g/mol.